The van der Waals surface area contributed by atoms with Gasteiger partial charge < -0.3 is 4.90 Å². The quantitative estimate of drug-likeness (QED) is 0.664. The van der Waals surface area contributed by atoms with Crippen molar-refractivity contribution in [2.75, 3.05) is 6.54 Å². The molecule has 0 bridgehead atoms. The fourth-order valence-corrected chi connectivity index (χ4v) is 4.36. The Labute approximate surface area is 174 Å². The van der Waals surface area contributed by atoms with Gasteiger partial charge in [-0.2, -0.15) is 0 Å². The van der Waals surface area contributed by atoms with E-state index in [-0.39, 0.29) is 23.3 Å². The molecule has 3 aromatic rings. The molecule has 1 unspecified atom stereocenters. The van der Waals surface area contributed by atoms with Crippen molar-refractivity contribution in [1.29, 1.82) is 0 Å². The number of hydrogen-bond donors (Lipinski definition) is 0. The zero-order chi connectivity index (χ0) is 21.4. The lowest BCUT2D eigenvalue weighted by Gasteiger charge is -2.35. The van der Waals surface area contributed by atoms with Gasteiger partial charge in [-0.25, -0.2) is 9.78 Å². The summed E-state index contributed by atoms with van der Waals surface area (Å²) < 4.78 is 2.36. The molecule has 2 heterocycles. The van der Waals surface area contributed by atoms with Crippen molar-refractivity contribution in [1.82, 2.24) is 19.0 Å². The number of nitrogens with zero attached hydrogens (tertiary/aromatic N) is 4. The zero-order valence-corrected chi connectivity index (χ0v) is 17.6. The van der Waals surface area contributed by atoms with Crippen LogP contribution in [0.1, 0.15) is 41.4 Å². The number of aryl methyl sites for hydroxylation is 2. The molecule has 1 amide bonds. The number of aromatic nitrogens is 3. The van der Waals surface area contributed by atoms with Crippen molar-refractivity contribution in [3.8, 4) is 0 Å². The Balaban J connectivity index is 1.72. The second-order valence-corrected chi connectivity index (χ2v) is 7.94. The Morgan fingerprint density at radius 3 is 2.57 bits per heavy atom. The minimum Gasteiger partial charge on any atom is -0.334 e. The van der Waals surface area contributed by atoms with E-state index in [9.17, 15) is 14.4 Å². The van der Waals surface area contributed by atoms with E-state index in [4.69, 9.17) is 0 Å². The van der Waals surface area contributed by atoms with Crippen molar-refractivity contribution in [3.05, 3.63) is 74.1 Å². The highest BCUT2D eigenvalue weighted by Gasteiger charge is 2.29. The van der Waals surface area contributed by atoms with Crippen LogP contribution < -0.4 is 11.2 Å². The molecule has 1 aliphatic rings. The number of benzene rings is 1. The van der Waals surface area contributed by atoms with E-state index < -0.39 is 11.2 Å². The molecule has 0 spiro atoms. The van der Waals surface area contributed by atoms with Gasteiger partial charge in [-0.3, -0.25) is 18.7 Å². The summed E-state index contributed by atoms with van der Waals surface area (Å²) in [6.07, 6.45) is 3.53. The second-order valence-electron chi connectivity index (χ2n) is 7.94. The van der Waals surface area contributed by atoms with Crippen LogP contribution in [0.4, 0.5) is 0 Å². The highest BCUT2D eigenvalue weighted by molar-refractivity contribution is 5.94. The molecule has 156 valence electrons. The van der Waals surface area contributed by atoms with Crippen LogP contribution in [0.5, 0.6) is 0 Å². The summed E-state index contributed by atoms with van der Waals surface area (Å²) in [7, 11) is 3.00. The van der Waals surface area contributed by atoms with Gasteiger partial charge in [0, 0.05) is 26.7 Å². The lowest BCUT2D eigenvalue weighted by molar-refractivity contribution is 0.0656. The molecule has 2 aromatic heterocycles. The molecule has 0 radical (unpaired) electrons. The van der Waals surface area contributed by atoms with Crippen molar-refractivity contribution < 1.29 is 4.79 Å². The van der Waals surface area contributed by atoms with Crippen LogP contribution in [0.25, 0.3) is 11.0 Å². The average molecular weight is 406 g/mol. The fourth-order valence-electron chi connectivity index (χ4n) is 4.36. The number of pyridine rings is 1. The van der Waals surface area contributed by atoms with Gasteiger partial charge in [-0.1, -0.05) is 31.2 Å². The summed E-state index contributed by atoms with van der Waals surface area (Å²) >= 11 is 0. The van der Waals surface area contributed by atoms with E-state index in [2.05, 4.69) is 30.1 Å². The van der Waals surface area contributed by atoms with Gasteiger partial charge in [-0.05, 0) is 48.9 Å². The molecular formula is C23H26N4O3. The molecule has 7 nitrogen and oxygen atoms in total. The standard InChI is InChI=1S/C23H26N4O3/c1-4-13-27(17-10-9-15-7-5-6-8-16(15)14-17)22(29)19-12-11-18-20(24-19)25(2)23(30)26(3)21(18)28/h5-8,11-12,17H,4,9-10,13-14H2,1-3H3. The Bertz CT molecular complexity index is 1240. The first kappa shape index (κ1) is 20.1. The maximum atomic E-state index is 13.4. The van der Waals surface area contributed by atoms with Gasteiger partial charge in [-0.15, -0.1) is 0 Å². The van der Waals surface area contributed by atoms with Crippen molar-refractivity contribution in [2.24, 2.45) is 14.1 Å². The van der Waals surface area contributed by atoms with Gasteiger partial charge in [0.05, 0.1) is 5.39 Å². The lowest BCUT2D eigenvalue weighted by Crippen LogP contribution is -2.44. The number of carbonyl (C=O) groups excluding carboxylic acids is 1. The molecular weight excluding hydrogens is 380 g/mol. The SMILES string of the molecule is CCCN(C(=O)c1ccc2c(=O)n(C)c(=O)n(C)c2n1)C1CCc2ccccc2C1. The Hall–Kier alpha value is -3.22. The molecule has 1 aliphatic carbocycles. The topological polar surface area (TPSA) is 77.2 Å². The minimum atomic E-state index is -0.459. The maximum absolute atomic E-state index is 13.4. The molecule has 0 N–H and O–H groups in total. The van der Waals surface area contributed by atoms with Crippen LogP contribution in [0.2, 0.25) is 0 Å². The van der Waals surface area contributed by atoms with E-state index in [1.54, 1.807) is 19.2 Å². The van der Waals surface area contributed by atoms with Crippen molar-refractivity contribution in [3.63, 3.8) is 0 Å². The fraction of sp³-hybridized carbons (Fsp3) is 0.391. The molecule has 0 saturated carbocycles. The number of carbonyl (C=O) groups is 1. The van der Waals surface area contributed by atoms with E-state index in [1.807, 2.05) is 11.0 Å². The van der Waals surface area contributed by atoms with Crippen LogP contribution >= 0.6 is 0 Å². The van der Waals surface area contributed by atoms with Crippen LogP contribution in [0, 0.1) is 0 Å². The molecule has 4 rings (SSSR count). The van der Waals surface area contributed by atoms with E-state index in [0.29, 0.717) is 11.9 Å². The summed E-state index contributed by atoms with van der Waals surface area (Å²) in [4.78, 5) is 44.4. The molecule has 0 saturated heterocycles. The van der Waals surface area contributed by atoms with Crippen molar-refractivity contribution >= 4 is 16.9 Å². The van der Waals surface area contributed by atoms with Gasteiger partial charge in [0.1, 0.15) is 11.3 Å². The minimum absolute atomic E-state index is 0.109. The molecule has 1 atom stereocenters. The molecule has 0 fully saturated rings. The summed E-state index contributed by atoms with van der Waals surface area (Å²) in [5.41, 5.74) is 2.28. The van der Waals surface area contributed by atoms with Gasteiger partial charge >= 0.3 is 5.69 Å². The third-order valence-corrected chi connectivity index (χ3v) is 6.01. The number of rotatable bonds is 4. The smallest absolute Gasteiger partial charge is 0.332 e. The number of fused-ring (bicyclic) bond motifs is 2. The number of hydrogen-bond acceptors (Lipinski definition) is 4. The first-order valence-corrected chi connectivity index (χ1v) is 10.4. The Kier molecular flexibility index (Phi) is 5.28. The predicted molar refractivity (Wildman–Crippen MR) is 116 cm³/mol. The van der Waals surface area contributed by atoms with Crippen molar-refractivity contribution in [2.45, 2.75) is 38.6 Å². The third kappa shape index (κ3) is 3.34. The van der Waals surface area contributed by atoms with E-state index >= 15 is 0 Å². The average Bonchev–Trinajstić information content (AvgIpc) is 2.78. The van der Waals surface area contributed by atoms with E-state index in [0.717, 1.165) is 30.3 Å². The van der Waals surface area contributed by atoms with Gasteiger partial charge in [0.25, 0.3) is 11.5 Å². The Morgan fingerprint density at radius 2 is 1.83 bits per heavy atom. The first-order chi connectivity index (χ1) is 14.4. The largest absolute Gasteiger partial charge is 0.334 e. The maximum Gasteiger partial charge on any atom is 0.332 e. The van der Waals surface area contributed by atoms with Crippen LogP contribution in [0.15, 0.2) is 46.0 Å². The summed E-state index contributed by atoms with van der Waals surface area (Å²) in [5, 5.41) is 0.324. The molecule has 1 aromatic carbocycles. The molecule has 0 aliphatic heterocycles. The summed E-state index contributed by atoms with van der Waals surface area (Å²) in [6, 6.07) is 11.7. The highest BCUT2D eigenvalue weighted by Crippen LogP contribution is 2.25. The summed E-state index contributed by atoms with van der Waals surface area (Å²) in [5.74, 6) is -0.156. The van der Waals surface area contributed by atoms with Crippen LogP contribution in [-0.4, -0.2) is 37.5 Å². The van der Waals surface area contributed by atoms with Crippen LogP contribution in [0.3, 0.4) is 0 Å². The van der Waals surface area contributed by atoms with Gasteiger partial charge in [0.2, 0.25) is 0 Å². The first-order valence-electron chi connectivity index (χ1n) is 10.4. The zero-order valence-electron chi connectivity index (χ0n) is 17.6. The highest BCUT2D eigenvalue weighted by atomic mass is 16.2. The van der Waals surface area contributed by atoms with Crippen LogP contribution in [-0.2, 0) is 26.9 Å². The Morgan fingerprint density at radius 1 is 1.10 bits per heavy atom. The molecule has 7 heteroatoms. The lowest BCUT2D eigenvalue weighted by atomic mass is 9.87. The third-order valence-electron chi connectivity index (χ3n) is 6.01. The van der Waals surface area contributed by atoms with E-state index in [1.165, 1.54) is 22.7 Å². The number of amides is 1. The summed E-state index contributed by atoms with van der Waals surface area (Å²) in [6.45, 7) is 2.69. The monoisotopic (exact) mass is 406 g/mol. The predicted octanol–water partition coefficient (Wildman–Crippen LogP) is 2.04. The second kappa shape index (κ2) is 7.89. The van der Waals surface area contributed by atoms with Gasteiger partial charge in [0.15, 0.2) is 0 Å². The normalized spacial score (nSPS) is 15.8. The molecule has 30 heavy (non-hydrogen) atoms.